The molecule has 6 heteroatoms. The number of carbonyl (C=O) groups excluding carboxylic acids is 3. The molecule has 0 aromatic carbocycles. The number of esters is 3. The number of hydrogen-bond donors (Lipinski definition) is 0. The first-order valence-corrected chi connectivity index (χ1v) is 28.4. The molecule has 0 heterocycles. The van der Waals surface area contributed by atoms with Gasteiger partial charge in [-0.2, -0.15) is 0 Å². The molecular weight excluding hydrogens is 877 g/mol. The van der Waals surface area contributed by atoms with Crippen molar-refractivity contribution in [2.45, 2.75) is 232 Å². The summed E-state index contributed by atoms with van der Waals surface area (Å²) in [7, 11) is 0. The summed E-state index contributed by atoms with van der Waals surface area (Å²) in [5, 5.41) is 0. The van der Waals surface area contributed by atoms with Gasteiger partial charge in [-0.25, -0.2) is 0 Å². The Hall–Kier alpha value is -4.71. The van der Waals surface area contributed by atoms with Gasteiger partial charge in [0.05, 0.1) is 0 Å². The van der Waals surface area contributed by atoms with Crippen molar-refractivity contribution < 1.29 is 28.6 Å². The standard InChI is InChI=1S/C65H102O6/c1-4-7-10-13-16-19-22-25-28-31-34-37-40-43-46-49-52-55-58-64(67)70-61-62(60-69-63(66)57-54-51-48-45-42-39-36-33-30-27-24-21-18-15-12-9-6-3)71-65(68)59-56-53-50-47-44-41-38-35-32-29-26-23-20-17-14-11-8-5-2/h16-23,25-32,34-39,45,48,62H,4-15,24,33,40-44,46-47,49-61H2,1-3H3/b19-16-,20-17-,21-18-,25-22-,26-23-,30-27-,31-28-,32-29-,37-34-,38-35-,39-36-,48-45-. The minimum Gasteiger partial charge on any atom is -0.462 e. The van der Waals surface area contributed by atoms with E-state index >= 15 is 0 Å². The van der Waals surface area contributed by atoms with Gasteiger partial charge in [-0.15, -0.1) is 0 Å². The van der Waals surface area contributed by atoms with Crippen LogP contribution in [-0.2, 0) is 28.6 Å². The van der Waals surface area contributed by atoms with Crippen molar-refractivity contribution in [3.05, 3.63) is 146 Å². The minimum absolute atomic E-state index is 0.123. The van der Waals surface area contributed by atoms with Gasteiger partial charge in [0.15, 0.2) is 6.10 Å². The summed E-state index contributed by atoms with van der Waals surface area (Å²) in [6.07, 6.45) is 82.5. The first kappa shape index (κ1) is 66.3. The number of unbranched alkanes of at least 4 members (excludes halogenated alkanes) is 20. The average molecular weight is 980 g/mol. The van der Waals surface area contributed by atoms with E-state index in [0.29, 0.717) is 12.8 Å². The predicted octanol–water partition coefficient (Wildman–Crippen LogP) is 19.2. The zero-order chi connectivity index (χ0) is 51.4. The molecule has 0 aliphatic heterocycles. The van der Waals surface area contributed by atoms with E-state index in [1.165, 1.54) is 64.2 Å². The molecule has 1 unspecified atom stereocenters. The van der Waals surface area contributed by atoms with Crippen LogP contribution in [-0.4, -0.2) is 37.2 Å². The Balaban J connectivity index is 4.61. The molecule has 398 valence electrons. The molecule has 0 aliphatic rings. The quantitative estimate of drug-likeness (QED) is 0.0199. The van der Waals surface area contributed by atoms with E-state index in [-0.39, 0.29) is 44.0 Å². The number of allylic oxidation sites excluding steroid dienone is 24. The van der Waals surface area contributed by atoms with Crippen LogP contribution >= 0.6 is 0 Å². The molecule has 0 bridgehead atoms. The smallest absolute Gasteiger partial charge is 0.306 e. The predicted molar refractivity (Wildman–Crippen MR) is 306 cm³/mol. The molecule has 6 nitrogen and oxygen atoms in total. The number of carbonyl (C=O) groups is 3. The van der Waals surface area contributed by atoms with Crippen LogP contribution in [0.4, 0.5) is 0 Å². The summed E-state index contributed by atoms with van der Waals surface area (Å²) in [4.78, 5) is 38.2. The van der Waals surface area contributed by atoms with Gasteiger partial charge in [0.2, 0.25) is 0 Å². The average Bonchev–Trinajstić information content (AvgIpc) is 3.37. The fourth-order valence-corrected chi connectivity index (χ4v) is 7.16. The van der Waals surface area contributed by atoms with Crippen molar-refractivity contribution in [1.82, 2.24) is 0 Å². The van der Waals surface area contributed by atoms with E-state index in [0.717, 1.165) is 116 Å². The van der Waals surface area contributed by atoms with Crippen LogP contribution < -0.4 is 0 Å². The van der Waals surface area contributed by atoms with E-state index in [1.54, 1.807) is 0 Å². The highest BCUT2D eigenvalue weighted by Crippen LogP contribution is 2.12. The molecule has 0 N–H and O–H groups in total. The van der Waals surface area contributed by atoms with E-state index in [4.69, 9.17) is 14.2 Å². The summed E-state index contributed by atoms with van der Waals surface area (Å²) in [6, 6.07) is 0. The minimum atomic E-state index is -0.830. The number of ether oxygens (including phenoxy) is 3. The van der Waals surface area contributed by atoms with E-state index in [9.17, 15) is 14.4 Å². The zero-order valence-corrected chi connectivity index (χ0v) is 45.4. The third-order valence-corrected chi connectivity index (χ3v) is 11.5. The van der Waals surface area contributed by atoms with Crippen LogP contribution in [0.25, 0.3) is 0 Å². The van der Waals surface area contributed by atoms with Crippen LogP contribution in [0.2, 0.25) is 0 Å². The highest BCUT2D eigenvalue weighted by atomic mass is 16.6. The Morgan fingerprint density at radius 2 is 0.577 bits per heavy atom. The van der Waals surface area contributed by atoms with Gasteiger partial charge in [-0.1, -0.05) is 244 Å². The molecule has 0 fully saturated rings. The van der Waals surface area contributed by atoms with Crippen molar-refractivity contribution in [1.29, 1.82) is 0 Å². The molecule has 0 aromatic rings. The molecule has 0 spiro atoms. The van der Waals surface area contributed by atoms with Crippen LogP contribution in [0, 0.1) is 0 Å². The second-order valence-corrected chi connectivity index (χ2v) is 18.3. The Kier molecular flexibility index (Phi) is 54.0. The van der Waals surface area contributed by atoms with Crippen LogP contribution in [0.5, 0.6) is 0 Å². The maximum atomic E-state index is 12.9. The lowest BCUT2D eigenvalue weighted by atomic mass is 10.1. The third-order valence-electron chi connectivity index (χ3n) is 11.5. The van der Waals surface area contributed by atoms with Gasteiger partial charge in [0.25, 0.3) is 0 Å². The summed E-state index contributed by atoms with van der Waals surface area (Å²) in [6.45, 7) is 6.43. The van der Waals surface area contributed by atoms with E-state index < -0.39 is 6.10 Å². The fraction of sp³-hybridized carbons (Fsp3) is 0.585. The van der Waals surface area contributed by atoms with E-state index in [1.807, 2.05) is 0 Å². The molecular formula is C65H102O6. The summed E-state index contributed by atoms with van der Waals surface area (Å²) < 4.78 is 16.8. The zero-order valence-electron chi connectivity index (χ0n) is 45.4. The Morgan fingerprint density at radius 1 is 0.296 bits per heavy atom. The van der Waals surface area contributed by atoms with E-state index in [2.05, 4.69) is 167 Å². The SMILES string of the molecule is CCCCC\C=C/C=C\C=C/C=C\CCCCCCCC(=O)OCC(COC(=O)CCC/C=C\C/C=C\C/C=C\C/C=C\CCCCC)OC(=O)CCCCCCC\C=C/C=C\C=C/C=C\CCCCC. The lowest BCUT2D eigenvalue weighted by Gasteiger charge is -2.18. The highest BCUT2D eigenvalue weighted by Gasteiger charge is 2.19. The summed E-state index contributed by atoms with van der Waals surface area (Å²) >= 11 is 0. The monoisotopic (exact) mass is 979 g/mol. The molecule has 1 atom stereocenters. The molecule has 71 heavy (non-hydrogen) atoms. The third kappa shape index (κ3) is 56.1. The molecule has 0 saturated heterocycles. The molecule has 0 rings (SSSR count). The summed E-state index contributed by atoms with van der Waals surface area (Å²) in [5.41, 5.74) is 0. The largest absolute Gasteiger partial charge is 0.462 e. The van der Waals surface area contributed by atoms with Gasteiger partial charge < -0.3 is 14.2 Å². The first-order valence-electron chi connectivity index (χ1n) is 28.4. The lowest BCUT2D eigenvalue weighted by Crippen LogP contribution is -2.30. The Morgan fingerprint density at radius 3 is 0.972 bits per heavy atom. The lowest BCUT2D eigenvalue weighted by molar-refractivity contribution is -0.167. The topological polar surface area (TPSA) is 78.9 Å². The molecule has 0 radical (unpaired) electrons. The maximum Gasteiger partial charge on any atom is 0.306 e. The van der Waals surface area contributed by atoms with Crippen molar-refractivity contribution in [3.63, 3.8) is 0 Å². The summed E-state index contributed by atoms with van der Waals surface area (Å²) in [5.74, 6) is -1.03. The van der Waals surface area contributed by atoms with Crippen LogP contribution in [0.1, 0.15) is 226 Å². The molecule has 0 saturated carbocycles. The molecule has 0 amide bonds. The first-order chi connectivity index (χ1) is 35.0. The van der Waals surface area contributed by atoms with Gasteiger partial charge in [0.1, 0.15) is 13.2 Å². The fourth-order valence-electron chi connectivity index (χ4n) is 7.16. The second kappa shape index (κ2) is 57.9. The highest BCUT2D eigenvalue weighted by molar-refractivity contribution is 5.71. The van der Waals surface area contributed by atoms with Gasteiger partial charge in [-0.05, 0) is 109 Å². The molecule has 0 aromatic heterocycles. The Labute approximate surface area is 436 Å². The van der Waals surface area contributed by atoms with Crippen molar-refractivity contribution >= 4 is 17.9 Å². The number of hydrogen-bond acceptors (Lipinski definition) is 6. The van der Waals surface area contributed by atoms with Gasteiger partial charge >= 0.3 is 17.9 Å². The molecule has 0 aliphatic carbocycles. The van der Waals surface area contributed by atoms with Crippen molar-refractivity contribution in [2.24, 2.45) is 0 Å². The van der Waals surface area contributed by atoms with Gasteiger partial charge in [0, 0.05) is 19.3 Å². The second-order valence-electron chi connectivity index (χ2n) is 18.3. The number of rotatable bonds is 49. The van der Waals surface area contributed by atoms with Crippen LogP contribution in [0.15, 0.2) is 146 Å². The maximum absolute atomic E-state index is 12.9. The normalized spacial score (nSPS) is 13.2. The van der Waals surface area contributed by atoms with Crippen LogP contribution in [0.3, 0.4) is 0 Å². The Bertz CT molecular complexity index is 1590. The van der Waals surface area contributed by atoms with Crippen molar-refractivity contribution in [3.8, 4) is 0 Å². The van der Waals surface area contributed by atoms with Gasteiger partial charge in [-0.3, -0.25) is 14.4 Å². The van der Waals surface area contributed by atoms with Crippen molar-refractivity contribution in [2.75, 3.05) is 13.2 Å².